The Kier molecular flexibility index (Phi) is 7.38. The molecule has 0 saturated heterocycles. The maximum absolute atomic E-state index is 14.0. The second-order valence-corrected chi connectivity index (χ2v) is 9.46. The summed E-state index contributed by atoms with van der Waals surface area (Å²) >= 11 is 0. The fourth-order valence-corrected chi connectivity index (χ4v) is 4.83. The van der Waals surface area contributed by atoms with Gasteiger partial charge in [-0.25, -0.2) is 4.39 Å². The third-order valence-corrected chi connectivity index (χ3v) is 7.00. The SMILES string of the molecule is CCC(C)[C@H](NC(=O)Cc1ccccc1F)C(=O)N[C@@H]1CCc2[nH]c3c(C(F)(F)F)cccc3c2C1. The molecule has 4 rings (SSSR count). The summed E-state index contributed by atoms with van der Waals surface area (Å²) in [5.41, 5.74) is 1.14. The molecule has 5 nitrogen and oxygen atoms in total. The zero-order chi connectivity index (χ0) is 26.0. The first-order valence-corrected chi connectivity index (χ1v) is 12.1. The first-order valence-electron chi connectivity index (χ1n) is 12.1. The Labute approximate surface area is 206 Å². The molecule has 1 aliphatic rings. The Morgan fingerprint density at radius 2 is 1.89 bits per heavy atom. The molecule has 9 heteroatoms. The van der Waals surface area contributed by atoms with E-state index in [1.54, 1.807) is 18.2 Å². The summed E-state index contributed by atoms with van der Waals surface area (Å²) in [6, 6.07) is 9.01. The Morgan fingerprint density at radius 1 is 1.14 bits per heavy atom. The van der Waals surface area contributed by atoms with Crippen LogP contribution in [0.1, 0.15) is 49.1 Å². The van der Waals surface area contributed by atoms with Crippen LogP contribution in [0.4, 0.5) is 17.6 Å². The summed E-state index contributed by atoms with van der Waals surface area (Å²) in [6.45, 7) is 3.76. The molecule has 3 aromatic rings. The molecule has 1 unspecified atom stereocenters. The predicted octanol–water partition coefficient (Wildman–Crippen LogP) is 5.07. The third kappa shape index (κ3) is 5.39. The van der Waals surface area contributed by atoms with E-state index < -0.39 is 29.5 Å². The van der Waals surface area contributed by atoms with Gasteiger partial charge in [0.2, 0.25) is 11.8 Å². The molecule has 0 radical (unpaired) electrons. The number of H-pyrrole nitrogens is 1. The third-order valence-electron chi connectivity index (χ3n) is 7.00. The molecule has 1 heterocycles. The number of carbonyl (C=O) groups is 2. The highest BCUT2D eigenvalue weighted by Crippen LogP contribution is 2.38. The summed E-state index contributed by atoms with van der Waals surface area (Å²) in [5, 5.41) is 6.25. The van der Waals surface area contributed by atoms with Gasteiger partial charge in [-0.05, 0) is 48.4 Å². The van der Waals surface area contributed by atoms with Crippen LogP contribution >= 0.6 is 0 Å². The Hall–Kier alpha value is -3.36. The van der Waals surface area contributed by atoms with Crippen molar-refractivity contribution in [3.63, 3.8) is 0 Å². The van der Waals surface area contributed by atoms with Crippen LogP contribution in [0.3, 0.4) is 0 Å². The van der Waals surface area contributed by atoms with Crippen molar-refractivity contribution in [2.24, 2.45) is 5.92 Å². The fraction of sp³-hybridized carbons (Fsp3) is 0.407. The van der Waals surface area contributed by atoms with Crippen molar-refractivity contribution in [1.82, 2.24) is 15.6 Å². The summed E-state index contributed by atoms with van der Waals surface area (Å²) < 4.78 is 54.3. The molecule has 1 aliphatic carbocycles. The minimum atomic E-state index is -4.47. The maximum Gasteiger partial charge on any atom is 0.418 e. The zero-order valence-corrected chi connectivity index (χ0v) is 20.1. The van der Waals surface area contributed by atoms with Gasteiger partial charge in [0.15, 0.2) is 0 Å². The number of hydrogen-bond acceptors (Lipinski definition) is 2. The maximum atomic E-state index is 14.0. The molecule has 0 fully saturated rings. The second kappa shape index (κ2) is 10.3. The van der Waals surface area contributed by atoms with Gasteiger partial charge in [0.1, 0.15) is 11.9 Å². The molecule has 0 spiro atoms. The standard InChI is InChI=1S/C27H29F4N3O2/c1-3-15(2)24(34-23(35)13-16-7-4-5-10-21(16)28)26(36)32-17-11-12-22-19(14-17)18-8-6-9-20(25(18)33-22)27(29,30)31/h4-10,15,17,24,33H,3,11-14H2,1-2H3,(H,32,36)(H,34,35)/t15?,17-,24+/m1/s1. The van der Waals surface area contributed by atoms with Gasteiger partial charge >= 0.3 is 6.18 Å². The first-order chi connectivity index (χ1) is 17.1. The number of aromatic nitrogens is 1. The van der Waals surface area contributed by atoms with E-state index in [-0.39, 0.29) is 35.4 Å². The van der Waals surface area contributed by atoms with E-state index in [1.165, 1.54) is 18.2 Å². The van der Waals surface area contributed by atoms with E-state index in [0.29, 0.717) is 31.1 Å². The molecule has 2 aromatic carbocycles. The van der Waals surface area contributed by atoms with Crippen LogP contribution in [0.15, 0.2) is 42.5 Å². The van der Waals surface area contributed by atoms with E-state index in [9.17, 15) is 27.2 Å². The number of para-hydroxylation sites is 1. The van der Waals surface area contributed by atoms with Crippen LogP contribution in [-0.4, -0.2) is 28.9 Å². The number of nitrogens with one attached hydrogen (secondary N) is 3. The van der Waals surface area contributed by atoms with E-state index in [2.05, 4.69) is 15.6 Å². The predicted molar refractivity (Wildman–Crippen MR) is 129 cm³/mol. The normalized spacial score (nSPS) is 17.3. The second-order valence-electron chi connectivity index (χ2n) is 9.46. The van der Waals surface area contributed by atoms with Crippen molar-refractivity contribution in [2.45, 2.75) is 64.2 Å². The van der Waals surface area contributed by atoms with Gasteiger partial charge < -0.3 is 15.6 Å². The van der Waals surface area contributed by atoms with Crippen LogP contribution in [0, 0.1) is 11.7 Å². The Bertz CT molecular complexity index is 1270. The molecule has 192 valence electrons. The van der Waals surface area contributed by atoms with Crippen LogP contribution < -0.4 is 10.6 Å². The average Bonchev–Trinajstić information content (AvgIpc) is 3.21. The number of amides is 2. The van der Waals surface area contributed by atoms with Crippen LogP contribution in [0.5, 0.6) is 0 Å². The molecule has 3 N–H and O–H groups in total. The minimum absolute atomic E-state index is 0.0693. The average molecular weight is 504 g/mol. The van der Waals surface area contributed by atoms with Crippen LogP contribution in [-0.2, 0) is 35.0 Å². The van der Waals surface area contributed by atoms with Crippen LogP contribution in [0.25, 0.3) is 10.9 Å². The van der Waals surface area contributed by atoms with Crippen molar-refractivity contribution in [2.75, 3.05) is 0 Å². The lowest BCUT2D eigenvalue weighted by atomic mass is 9.90. The molecule has 2 amide bonds. The van der Waals surface area contributed by atoms with E-state index in [1.807, 2.05) is 13.8 Å². The number of fused-ring (bicyclic) bond motifs is 3. The largest absolute Gasteiger partial charge is 0.418 e. The molecular formula is C27H29F4N3O2. The van der Waals surface area contributed by atoms with E-state index >= 15 is 0 Å². The number of aromatic amines is 1. The van der Waals surface area contributed by atoms with Gasteiger partial charge in [-0.3, -0.25) is 9.59 Å². The topological polar surface area (TPSA) is 74.0 Å². The fourth-order valence-electron chi connectivity index (χ4n) is 4.83. The van der Waals surface area contributed by atoms with Crippen molar-refractivity contribution < 1.29 is 27.2 Å². The quantitative estimate of drug-likeness (QED) is 0.394. The molecule has 1 aromatic heterocycles. The van der Waals surface area contributed by atoms with Crippen molar-refractivity contribution in [3.8, 4) is 0 Å². The summed E-state index contributed by atoms with van der Waals surface area (Å²) in [4.78, 5) is 28.8. The van der Waals surface area contributed by atoms with Gasteiger partial charge in [0.05, 0.1) is 17.5 Å². The van der Waals surface area contributed by atoms with Crippen LogP contribution in [0.2, 0.25) is 0 Å². The van der Waals surface area contributed by atoms with Crippen molar-refractivity contribution in [3.05, 3.63) is 70.7 Å². The number of hydrogen-bond donors (Lipinski definition) is 3. The highest BCUT2D eigenvalue weighted by atomic mass is 19.4. The van der Waals surface area contributed by atoms with E-state index in [4.69, 9.17) is 0 Å². The lowest BCUT2D eigenvalue weighted by Crippen LogP contribution is -2.53. The minimum Gasteiger partial charge on any atom is -0.358 e. The number of aryl methyl sites for hydroxylation is 1. The zero-order valence-electron chi connectivity index (χ0n) is 20.1. The molecule has 0 bridgehead atoms. The molecule has 3 atom stereocenters. The summed E-state index contributed by atoms with van der Waals surface area (Å²) in [5.74, 6) is -1.46. The summed E-state index contributed by atoms with van der Waals surface area (Å²) in [7, 11) is 0. The first kappa shape index (κ1) is 25.7. The molecule has 36 heavy (non-hydrogen) atoms. The number of benzene rings is 2. The summed E-state index contributed by atoms with van der Waals surface area (Å²) in [6.07, 6.45) is -2.57. The van der Waals surface area contributed by atoms with Crippen molar-refractivity contribution >= 4 is 22.7 Å². The number of rotatable bonds is 7. The van der Waals surface area contributed by atoms with Gasteiger partial charge in [-0.1, -0.05) is 50.6 Å². The number of carbonyl (C=O) groups excluding carboxylic acids is 2. The van der Waals surface area contributed by atoms with Crippen molar-refractivity contribution in [1.29, 1.82) is 0 Å². The molecule has 0 saturated carbocycles. The smallest absolute Gasteiger partial charge is 0.358 e. The highest BCUT2D eigenvalue weighted by Gasteiger charge is 2.35. The lowest BCUT2D eigenvalue weighted by Gasteiger charge is -2.29. The molecule has 0 aliphatic heterocycles. The van der Waals surface area contributed by atoms with Gasteiger partial charge in [-0.15, -0.1) is 0 Å². The highest BCUT2D eigenvalue weighted by molar-refractivity contribution is 5.90. The van der Waals surface area contributed by atoms with E-state index in [0.717, 1.165) is 17.3 Å². The number of alkyl halides is 3. The molecular weight excluding hydrogens is 474 g/mol. The Morgan fingerprint density at radius 3 is 2.58 bits per heavy atom. The van der Waals surface area contributed by atoms with Gasteiger partial charge in [-0.2, -0.15) is 13.2 Å². The van der Waals surface area contributed by atoms with Gasteiger partial charge in [0.25, 0.3) is 0 Å². The number of halogens is 4. The Balaban J connectivity index is 1.48. The lowest BCUT2D eigenvalue weighted by molar-refractivity contribution is -0.136. The monoisotopic (exact) mass is 503 g/mol. The van der Waals surface area contributed by atoms with Gasteiger partial charge in [0, 0.05) is 17.1 Å².